The van der Waals surface area contributed by atoms with Crippen LogP contribution in [0.4, 0.5) is 11.8 Å². The van der Waals surface area contributed by atoms with Crippen LogP contribution < -0.4 is 24.0 Å². The van der Waals surface area contributed by atoms with Crippen LogP contribution in [0, 0.1) is 6.92 Å². The van der Waals surface area contributed by atoms with E-state index in [1.165, 1.54) is 0 Å². The van der Waals surface area contributed by atoms with Crippen LogP contribution in [0.15, 0.2) is 36.5 Å². The molecule has 0 amide bonds. The van der Waals surface area contributed by atoms with Crippen molar-refractivity contribution in [3.63, 3.8) is 0 Å². The van der Waals surface area contributed by atoms with E-state index in [1.807, 2.05) is 43.5 Å². The maximum atomic E-state index is 13.2. The molecule has 188 valence electrons. The molecule has 0 saturated carbocycles. The summed E-state index contributed by atoms with van der Waals surface area (Å²) in [5, 5.41) is 0. The highest BCUT2D eigenvalue weighted by atomic mass is 16.5. The van der Waals surface area contributed by atoms with Gasteiger partial charge in [-0.15, -0.1) is 0 Å². The first-order chi connectivity index (χ1) is 17.5. The monoisotopic (exact) mass is 489 g/mol. The fraction of sp³-hybridized carbons (Fsp3) is 0.407. The van der Waals surface area contributed by atoms with Crippen LogP contribution >= 0.6 is 0 Å². The van der Waals surface area contributed by atoms with Crippen molar-refractivity contribution in [1.29, 1.82) is 0 Å². The number of carbonyl (C=O) groups excluding carboxylic acids is 1. The molecule has 36 heavy (non-hydrogen) atoms. The van der Waals surface area contributed by atoms with Crippen molar-refractivity contribution >= 4 is 17.5 Å². The molecule has 0 radical (unpaired) electrons. The van der Waals surface area contributed by atoms with Gasteiger partial charge in [-0.3, -0.25) is 4.79 Å². The van der Waals surface area contributed by atoms with E-state index in [9.17, 15) is 4.79 Å². The number of benzene rings is 1. The highest BCUT2D eigenvalue weighted by molar-refractivity contribution is 5.99. The zero-order chi connectivity index (χ0) is 25.2. The third-order valence-electron chi connectivity index (χ3n) is 7.00. The Labute approximate surface area is 211 Å². The van der Waals surface area contributed by atoms with E-state index in [-0.39, 0.29) is 11.7 Å². The SMILES string of the molecule is COc1cc([C@H]2CC(=O)c3c(C)nc(N4CCN(c5ccccn5)CC4)nc3C2)cc(OC)c1OC. The maximum absolute atomic E-state index is 13.2. The van der Waals surface area contributed by atoms with Gasteiger partial charge < -0.3 is 24.0 Å². The highest BCUT2D eigenvalue weighted by Gasteiger charge is 2.32. The zero-order valence-electron chi connectivity index (χ0n) is 21.2. The number of rotatable bonds is 6. The van der Waals surface area contributed by atoms with Crippen molar-refractivity contribution in [2.45, 2.75) is 25.7 Å². The lowest BCUT2D eigenvalue weighted by atomic mass is 9.81. The number of aromatic nitrogens is 3. The molecular weight excluding hydrogens is 458 g/mol. The lowest BCUT2D eigenvalue weighted by Gasteiger charge is -2.36. The van der Waals surface area contributed by atoms with E-state index in [0.29, 0.717) is 41.6 Å². The first kappa shape index (κ1) is 23.8. The Morgan fingerprint density at radius 3 is 2.19 bits per heavy atom. The number of Topliss-reactive ketones (excluding diaryl/α,β-unsaturated/α-hetero) is 1. The third-order valence-corrected chi connectivity index (χ3v) is 7.00. The van der Waals surface area contributed by atoms with Gasteiger partial charge in [-0.05, 0) is 49.1 Å². The number of anilines is 2. The van der Waals surface area contributed by atoms with Gasteiger partial charge in [0.25, 0.3) is 0 Å². The summed E-state index contributed by atoms with van der Waals surface area (Å²) in [4.78, 5) is 31.8. The second kappa shape index (κ2) is 10.0. The average Bonchev–Trinajstić information content (AvgIpc) is 2.92. The van der Waals surface area contributed by atoms with Gasteiger partial charge in [0.1, 0.15) is 5.82 Å². The van der Waals surface area contributed by atoms with Crippen molar-refractivity contribution in [2.24, 2.45) is 0 Å². The largest absolute Gasteiger partial charge is 0.493 e. The molecule has 9 heteroatoms. The molecule has 2 aliphatic rings. The fourth-order valence-electron chi connectivity index (χ4n) is 5.15. The molecule has 1 saturated heterocycles. The minimum atomic E-state index is -0.0399. The molecule has 1 fully saturated rings. The summed E-state index contributed by atoms with van der Waals surface area (Å²) in [5.74, 6) is 3.40. The molecular formula is C27H31N5O4. The average molecular weight is 490 g/mol. The molecule has 0 unspecified atom stereocenters. The van der Waals surface area contributed by atoms with Crippen molar-refractivity contribution < 1.29 is 19.0 Å². The Hall–Kier alpha value is -3.88. The van der Waals surface area contributed by atoms with Gasteiger partial charge in [-0.2, -0.15) is 0 Å². The molecule has 1 aliphatic carbocycles. The van der Waals surface area contributed by atoms with Crippen molar-refractivity contribution in [1.82, 2.24) is 15.0 Å². The maximum Gasteiger partial charge on any atom is 0.225 e. The van der Waals surface area contributed by atoms with Gasteiger partial charge in [0, 0.05) is 38.8 Å². The predicted octanol–water partition coefficient (Wildman–Crippen LogP) is 3.45. The smallest absolute Gasteiger partial charge is 0.225 e. The number of carbonyl (C=O) groups is 1. The lowest BCUT2D eigenvalue weighted by Crippen LogP contribution is -2.47. The topological polar surface area (TPSA) is 89.9 Å². The van der Waals surface area contributed by atoms with Gasteiger partial charge in [0.05, 0.1) is 38.3 Å². The quantitative estimate of drug-likeness (QED) is 0.516. The molecule has 3 aromatic rings. The Bertz CT molecular complexity index is 1230. The van der Waals surface area contributed by atoms with Gasteiger partial charge >= 0.3 is 0 Å². The lowest BCUT2D eigenvalue weighted by molar-refractivity contribution is 0.0961. The van der Waals surface area contributed by atoms with E-state index in [2.05, 4.69) is 14.8 Å². The molecule has 3 heterocycles. The molecule has 0 bridgehead atoms. The summed E-state index contributed by atoms with van der Waals surface area (Å²) in [5.41, 5.74) is 3.18. The van der Waals surface area contributed by atoms with Crippen molar-refractivity contribution in [3.8, 4) is 17.2 Å². The molecule has 0 spiro atoms. The molecule has 0 N–H and O–H groups in total. The van der Waals surface area contributed by atoms with Crippen LogP contribution in [0.2, 0.25) is 0 Å². The van der Waals surface area contributed by atoms with E-state index >= 15 is 0 Å². The first-order valence-corrected chi connectivity index (χ1v) is 12.1. The number of fused-ring (bicyclic) bond motifs is 1. The van der Waals surface area contributed by atoms with Gasteiger partial charge in [-0.1, -0.05) is 6.07 Å². The predicted molar refractivity (Wildman–Crippen MR) is 137 cm³/mol. The van der Waals surface area contributed by atoms with Gasteiger partial charge in [-0.25, -0.2) is 15.0 Å². The van der Waals surface area contributed by atoms with Crippen LogP contribution in [0.1, 0.15) is 39.6 Å². The van der Waals surface area contributed by atoms with E-state index in [4.69, 9.17) is 24.2 Å². The second-order valence-corrected chi connectivity index (χ2v) is 9.08. The second-order valence-electron chi connectivity index (χ2n) is 9.08. The number of hydrogen-bond acceptors (Lipinski definition) is 9. The molecule has 5 rings (SSSR count). The van der Waals surface area contributed by atoms with Crippen LogP contribution in [0.25, 0.3) is 0 Å². The molecule has 9 nitrogen and oxygen atoms in total. The summed E-state index contributed by atoms with van der Waals surface area (Å²) < 4.78 is 16.5. The van der Waals surface area contributed by atoms with Gasteiger partial charge in [0.15, 0.2) is 17.3 Å². The number of methoxy groups -OCH3 is 3. The molecule has 1 aromatic carbocycles. The minimum Gasteiger partial charge on any atom is -0.493 e. The molecule has 2 aromatic heterocycles. The third kappa shape index (κ3) is 4.41. The highest BCUT2D eigenvalue weighted by Crippen LogP contribution is 2.43. The van der Waals surface area contributed by atoms with E-state index < -0.39 is 0 Å². The molecule has 1 atom stereocenters. The Balaban J connectivity index is 1.40. The Morgan fingerprint density at radius 2 is 1.58 bits per heavy atom. The van der Waals surface area contributed by atoms with Crippen molar-refractivity contribution in [2.75, 3.05) is 57.3 Å². The van der Waals surface area contributed by atoms with E-state index in [1.54, 1.807) is 21.3 Å². The summed E-state index contributed by atoms with van der Waals surface area (Å²) in [6.45, 7) is 5.16. The Morgan fingerprint density at radius 1 is 0.889 bits per heavy atom. The van der Waals surface area contributed by atoms with E-state index in [0.717, 1.165) is 48.9 Å². The van der Waals surface area contributed by atoms with Crippen LogP contribution in [-0.4, -0.2) is 68.2 Å². The summed E-state index contributed by atoms with van der Waals surface area (Å²) >= 11 is 0. The fourth-order valence-corrected chi connectivity index (χ4v) is 5.15. The number of nitrogens with zero attached hydrogens (tertiary/aromatic N) is 5. The first-order valence-electron chi connectivity index (χ1n) is 12.1. The normalized spacial score (nSPS) is 17.6. The van der Waals surface area contributed by atoms with Crippen molar-refractivity contribution in [3.05, 3.63) is 59.0 Å². The number of aryl methyl sites for hydroxylation is 1. The minimum absolute atomic E-state index is 0.0399. The van der Waals surface area contributed by atoms with Crippen LogP contribution in [0.3, 0.4) is 0 Å². The summed E-state index contributed by atoms with van der Waals surface area (Å²) in [6.07, 6.45) is 2.85. The summed E-state index contributed by atoms with van der Waals surface area (Å²) in [6, 6.07) is 9.82. The van der Waals surface area contributed by atoms with Crippen LogP contribution in [-0.2, 0) is 6.42 Å². The number of piperazine rings is 1. The van der Waals surface area contributed by atoms with Gasteiger partial charge in [0.2, 0.25) is 11.7 Å². The molecule has 1 aliphatic heterocycles. The number of hydrogen-bond donors (Lipinski definition) is 0. The summed E-state index contributed by atoms with van der Waals surface area (Å²) in [7, 11) is 4.77. The standard InChI is InChI=1S/C27H31N5O4/c1-17-25-20(30-27(29-17)32-11-9-31(10-12-32)24-7-5-6-8-28-24)13-18(14-21(25)33)19-15-22(34-2)26(36-4)23(16-19)35-3/h5-8,15-16,18H,9-14H2,1-4H3/t18-/m1/s1. The van der Waals surface area contributed by atoms with Crippen LogP contribution in [0.5, 0.6) is 17.2 Å². The number of ether oxygens (including phenoxy) is 3. The zero-order valence-corrected chi connectivity index (χ0v) is 21.2. The number of pyridine rings is 1. The Kier molecular flexibility index (Phi) is 6.63. The number of ketones is 1.